The minimum atomic E-state index is 0.0254. The van der Waals surface area contributed by atoms with E-state index in [-0.39, 0.29) is 6.04 Å². The summed E-state index contributed by atoms with van der Waals surface area (Å²) in [6.07, 6.45) is 3.68. The number of rotatable bonds is 5. The van der Waals surface area contributed by atoms with Crippen LogP contribution >= 0.6 is 0 Å². The van der Waals surface area contributed by atoms with E-state index in [1.54, 1.807) is 0 Å². The van der Waals surface area contributed by atoms with Crippen molar-refractivity contribution < 1.29 is 4.42 Å². The normalized spacial score (nSPS) is 12.6. The molecule has 0 bridgehead atoms. The van der Waals surface area contributed by atoms with Gasteiger partial charge in [0.2, 0.25) is 0 Å². The molecular weight excluding hydrogens is 238 g/mol. The first-order valence-corrected chi connectivity index (χ1v) is 6.61. The molecule has 2 heterocycles. The Balaban J connectivity index is 2.16. The molecule has 2 rings (SSSR count). The van der Waals surface area contributed by atoms with E-state index >= 15 is 0 Å². The van der Waals surface area contributed by atoms with Gasteiger partial charge in [0, 0.05) is 23.9 Å². The van der Waals surface area contributed by atoms with Gasteiger partial charge < -0.3 is 4.42 Å². The lowest BCUT2D eigenvalue weighted by Crippen LogP contribution is -2.30. The quantitative estimate of drug-likeness (QED) is 0.640. The van der Waals surface area contributed by atoms with Crippen molar-refractivity contribution in [3.05, 3.63) is 52.7 Å². The van der Waals surface area contributed by atoms with Gasteiger partial charge in [-0.2, -0.15) is 0 Å². The standard InChI is InChI=1S/C15H21N3O/c1-4-12-5-6-13(17-9-12)8-15(18-16)14-7-10(2)19-11(14)3/h5-7,9,15,18H,4,8,16H2,1-3H3. The first-order valence-electron chi connectivity index (χ1n) is 6.61. The number of hydrazine groups is 1. The van der Waals surface area contributed by atoms with Gasteiger partial charge in [-0.3, -0.25) is 16.3 Å². The summed E-state index contributed by atoms with van der Waals surface area (Å²) >= 11 is 0. The van der Waals surface area contributed by atoms with Crippen LogP contribution in [0.4, 0.5) is 0 Å². The van der Waals surface area contributed by atoms with Gasteiger partial charge in [-0.05, 0) is 38.0 Å². The second-order valence-electron chi connectivity index (χ2n) is 4.80. The number of nitrogens with two attached hydrogens (primary N) is 1. The molecule has 3 N–H and O–H groups in total. The highest BCUT2D eigenvalue weighted by Crippen LogP contribution is 2.23. The second-order valence-corrected chi connectivity index (χ2v) is 4.80. The Morgan fingerprint density at radius 1 is 1.37 bits per heavy atom. The van der Waals surface area contributed by atoms with E-state index in [2.05, 4.69) is 29.5 Å². The monoisotopic (exact) mass is 259 g/mol. The Labute approximate surface area is 114 Å². The van der Waals surface area contributed by atoms with E-state index in [4.69, 9.17) is 10.3 Å². The smallest absolute Gasteiger partial charge is 0.105 e. The van der Waals surface area contributed by atoms with Crippen LogP contribution in [-0.2, 0) is 12.8 Å². The van der Waals surface area contributed by atoms with Gasteiger partial charge in [0.25, 0.3) is 0 Å². The number of hydrogen-bond acceptors (Lipinski definition) is 4. The molecule has 0 aromatic carbocycles. The SMILES string of the molecule is CCc1ccc(CC(NN)c2cc(C)oc2C)nc1. The second kappa shape index (κ2) is 5.99. The molecule has 0 aliphatic heterocycles. The number of nitrogens with one attached hydrogen (secondary N) is 1. The Morgan fingerprint density at radius 2 is 2.16 bits per heavy atom. The van der Waals surface area contributed by atoms with Crippen LogP contribution in [0.15, 0.2) is 28.8 Å². The summed E-state index contributed by atoms with van der Waals surface area (Å²) in [5, 5.41) is 0. The molecule has 19 heavy (non-hydrogen) atoms. The number of aryl methyl sites for hydroxylation is 3. The lowest BCUT2D eigenvalue weighted by Gasteiger charge is -2.14. The van der Waals surface area contributed by atoms with Crippen molar-refractivity contribution >= 4 is 0 Å². The molecule has 0 fully saturated rings. The topological polar surface area (TPSA) is 64.1 Å². The van der Waals surface area contributed by atoms with E-state index < -0.39 is 0 Å². The number of pyridine rings is 1. The van der Waals surface area contributed by atoms with Crippen LogP contribution < -0.4 is 11.3 Å². The summed E-state index contributed by atoms with van der Waals surface area (Å²) in [4.78, 5) is 4.47. The highest BCUT2D eigenvalue weighted by atomic mass is 16.3. The fourth-order valence-corrected chi connectivity index (χ4v) is 2.25. The van der Waals surface area contributed by atoms with E-state index in [9.17, 15) is 0 Å². The van der Waals surface area contributed by atoms with Crippen molar-refractivity contribution in [1.29, 1.82) is 0 Å². The maximum atomic E-state index is 5.67. The molecule has 1 atom stereocenters. The molecular formula is C15H21N3O. The van der Waals surface area contributed by atoms with Gasteiger partial charge >= 0.3 is 0 Å². The van der Waals surface area contributed by atoms with E-state index in [0.717, 1.165) is 35.6 Å². The minimum Gasteiger partial charge on any atom is -0.466 e. The predicted octanol–water partition coefficient (Wildman–Crippen LogP) is 2.60. The lowest BCUT2D eigenvalue weighted by molar-refractivity contribution is 0.483. The number of nitrogens with zero attached hydrogens (tertiary/aromatic N) is 1. The zero-order chi connectivity index (χ0) is 13.8. The molecule has 102 valence electrons. The summed E-state index contributed by atoms with van der Waals surface area (Å²) in [7, 11) is 0. The fourth-order valence-electron chi connectivity index (χ4n) is 2.25. The van der Waals surface area contributed by atoms with Crippen LogP contribution in [0.5, 0.6) is 0 Å². The summed E-state index contributed by atoms with van der Waals surface area (Å²) in [6, 6.07) is 6.23. The van der Waals surface area contributed by atoms with Crippen LogP contribution in [0.3, 0.4) is 0 Å². The molecule has 0 amide bonds. The molecule has 1 unspecified atom stereocenters. The average Bonchev–Trinajstić information content (AvgIpc) is 2.75. The molecule has 0 radical (unpaired) electrons. The van der Waals surface area contributed by atoms with Crippen LogP contribution in [0.1, 0.15) is 41.3 Å². The van der Waals surface area contributed by atoms with Gasteiger partial charge in [0.15, 0.2) is 0 Å². The summed E-state index contributed by atoms with van der Waals surface area (Å²) in [5.41, 5.74) is 6.22. The molecule has 4 heteroatoms. The number of furan rings is 1. The van der Waals surface area contributed by atoms with Crippen molar-refractivity contribution in [3.8, 4) is 0 Å². The molecule has 2 aromatic heterocycles. The first kappa shape index (κ1) is 13.8. The fraction of sp³-hybridized carbons (Fsp3) is 0.400. The number of aromatic nitrogens is 1. The molecule has 2 aromatic rings. The third kappa shape index (κ3) is 3.22. The predicted molar refractivity (Wildman–Crippen MR) is 75.6 cm³/mol. The zero-order valence-corrected chi connectivity index (χ0v) is 11.7. The highest BCUT2D eigenvalue weighted by Gasteiger charge is 2.17. The molecule has 0 saturated heterocycles. The molecule has 4 nitrogen and oxygen atoms in total. The van der Waals surface area contributed by atoms with E-state index in [1.165, 1.54) is 5.56 Å². The maximum absolute atomic E-state index is 5.67. The maximum Gasteiger partial charge on any atom is 0.105 e. The Morgan fingerprint density at radius 3 is 2.63 bits per heavy atom. The Hall–Kier alpha value is -1.65. The largest absolute Gasteiger partial charge is 0.466 e. The Bertz CT molecular complexity index is 531. The Kier molecular flexibility index (Phi) is 4.35. The minimum absolute atomic E-state index is 0.0254. The van der Waals surface area contributed by atoms with E-state index in [0.29, 0.717) is 0 Å². The summed E-state index contributed by atoms with van der Waals surface area (Å²) < 4.78 is 5.56. The van der Waals surface area contributed by atoms with Gasteiger partial charge in [-0.25, -0.2) is 0 Å². The average molecular weight is 259 g/mol. The van der Waals surface area contributed by atoms with Gasteiger partial charge in [-0.1, -0.05) is 13.0 Å². The molecule has 0 aliphatic carbocycles. The van der Waals surface area contributed by atoms with Crippen molar-refractivity contribution in [1.82, 2.24) is 10.4 Å². The third-order valence-corrected chi connectivity index (χ3v) is 3.36. The van der Waals surface area contributed by atoms with Crippen molar-refractivity contribution in [2.75, 3.05) is 0 Å². The number of hydrogen-bond donors (Lipinski definition) is 2. The van der Waals surface area contributed by atoms with Gasteiger partial charge in [0.05, 0.1) is 6.04 Å². The van der Waals surface area contributed by atoms with E-state index in [1.807, 2.05) is 26.1 Å². The van der Waals surface area contributed by atoms with Gasteiger partial charge in [-0.15, -0.1) is 0 Å². The summed E-state index contributed by atoms with van der Waals surface area (Å²) in [5.74, 6) is 7.48. The zero-order valence-electron chi connectivity index (χ0n) is 11.7. The molecule has 0 saturated carbocycles. The van der Waals surface area contributed by atoms with Crippen LogP contribution in [0.2, 0.25) is 0 Å². The van der Waals surface area contributed by atoms with Crippen molar-refractivity contribution in [2.24, 2.45) is 5.84 Å². The van der Waals surface area contributed by atoms with Crippen LogP contribution in [0, 0.1) is 13.8 Å². The van der Waals surface area contributed by atoms with Crippen LogP contribution in [-0.4, -0.2) is 4.98 Å². The van der Waals surface area contributed by atoms with Crippen molar-refractivity contribution in [3.63, 3.8) is 0 Å². The molecule has 0 aliphatic rings. The third-order valence-electron chi connectivity index (χ3n) is 3.36. The lowest BCUT2D eigenvalue weighted by atomic mass is 10.0. The van der Waals surface area contributed by atoms with Crippen molar-refractivity contribution in [2.45, 2.75) is 39.7 Å². The first-order chi connectivity index (χ1) is 9.13. The highest BCUT2D eigenvalue weighted by molar-refractivity contribution is 5.26. The van der Waals surface area contributed by atoms with Gasteiger partial charge in [0.1, 0.15) is 11.5 Å². The molecule has 0 spiro atoms. The summed E-state index contributed by atoms with van der Waals surface area (Å²) in [6.45, 7) is 6.02. The van der Waals surface area contributed by atoms with Crippen LogP contribution in [0.25, 0.3) is 0 Å².